The van der Waals surface area contributed by atoms with E-state index >= 15 is 0 Å². The van der Waals surface area contributed by atoms with Gasteiger partial charge in [-0.2, -0.15) is 23.3 Å². The molecule has 0 saturated heterocycles. The molecule has 28 heavy (non-hydrogen) atoms. The molecule has 1 amide bonds. The van der Waals surface area contributed by atoms with Gasteiger partial charge < -0.3 is 5.11 Å². The Balaban J connectivity index is 1.84. The molecule has 0 aromatic heterocycles. The van der Waals surface area contributed by atoms with Crippen molar-refractivity contribution < 1.29 is 23.1 Å². The Kier molecular flexibility index (Phi) is 5.34. The SMILES string of the molecule is CC(C)(C)[C@@H]1CCC2=NN(C(=O)CCc3ccccc3)[C@@](O)(C(F)(F)F)[C@@H]2C1. The fraction of sp³-hybridized carbons (Fsp3) is 0.619. The number of carbonyl (C=O) groups is 1. The summed E-state index contributed by atoms with van der Waals surface area (Å²) in [5, 5.41) is 15.1. The first-order chi connectivity index (χ1) is 12.9. The minimum atomic E-state index is -4.98. The molecule has 154 valence electrons. The molecule has 0 radical (unpaired) electrons. The number of hydrogen-bond donors (Lipinski definition) is 1. The molecule has 0 bridgehead atoms. The fourth-order valence-electron chi connectivity index (χ4n) is 4.26. The number of carbonyl (C=O) groups excluding carboxylic acids is 1. The maximum absolute atomic E-state index is 14.0. The number of halogens is 3. The summed E-state index contributed by atoms with van der Waals surface area (Å²) in [6.45, 7) is 5.97. The predicted molar refractivity (Wildman–Crippen MR) is 100 cm³/mol. The van der Waals surface area contributed by atoms with Gasteiger partial charge in [0.15, 0.2) is 0 Å². The second kappa shape index (κ2) is 7.17. The molecule has 3 rings (SSSR count). The highest BCUT2D eigenvalue weighted by molar-refractivity contribution is 5.93. The third-order valence-corrected chi connectivity index (χ3v) is 6.06. The normalized spacial score (nSPS) is 28.1. The zero-order chi connectivity index (χ0) is 20.7. The molecular formula is C21H27F3N2O2. The summed E-state index contributed by atoms with van der Waals surface area (Å²) in [4.78, 5) is 12.7. The Morgan fingerprint density at radius 3 is 2.46 bits per heavy atom. The van der Waals surface area contributed by atoms with Crippen LogP contribution in [0.15, 0.2) is 35.4 Å². The van der Waals surface area contributed by atoms with Gasteiger partial charge in [0.2, 0.25) is 5.91 Å². The van der Waals surface area contributed by atoms with Crippen LogP contribution in [0.4, 0.5) is 13.2 Å². The van der Waals surface area contributed by atoms with E-state index in [1.165, 1.54) is 0 Å². The Hall–Kier alpha value is -1.89. The molecule has 3 atom stereocenters. The quantitative estimate of drug-likeness (QED) is 0.816. The number of amides is 1. The zero-order valence-corrected chi connectivity index (χ0v) is 16.5. The van der Waals surface area contributed by atoms with Crippen molar-refractivity contribution >= 4 is 11.6 Å². The summed E-state index contributed by atoms with van der Waals surface area (Å²) in [6.07, 6.45) is -3.59. The zero-order valence-electron chi connectivity index (χ0n) is 16.5. The van der Waals surface area contributed by atoms with Gasteiger partial charge in [-0.3, -0.25) is 4.79 Å². The van der Waals surface area contributed by atoms with Crippen molar-refractivity contribution in [3.05, 3.63) is 35.9 Å². The summed E-state index contributed by atoms with van der Waals surface area (Å²) in [6, 6.07) is 9.07. The average Bonchev–Trinajstić information content (AvgIpc) is 2.93. The van der Waals surface area contributed by atoms with Crippen molar-refractivity contribution in [3.63, 3.8) is 0 Å². The number of aryl methyl sites for hydroxylation is 1. The molecule has 0 spiro atoms. The first-order valence-electron chi connectivity index (χ1n) is 9.68. The number of benzene rings is 1. The Bertz CT molecular complexity index is 755. The van der Waals surface area contributed by atoms with E-state index in [-0.39, 0.29) is 29.9 Å². The molecular weight excluding hydrogens is 369 g/mol. The van der Waals surface area contributed by atoms with Gasteiger partial charge in [-0.05, 0) is 42.6 Å². The van der Waals surface area contributed by atoms with Gasteiger partial charge >= 0.3 is 6.18 Å². The van der Waals surface area contributed by atoms with Gasteiger partial charge in [-0.15, -0.1) is 0 Å². The lowest BCUT2D eigenvalue weighted by molar-refractivity contribution is -0.318. The smallest absolute Gasteiger partial charge is 0.362 e. The van der Waals surface area contributed by atoms with Crippen LogP contribution in [0.5, 0.6) is 0 Å². The number of nitrogens with zero attached hydrogens (tertiary/aromatic N) is 2. The third kappa shape index (κ3) is 3.69. The topological polar surface area (TPSA) is 52.9 Å². The maximum Gasteiger partial charge on any atom is 0.439 e. The van der Waals surface area contributed by atoms with Crippen molar-refractivity contribution in [3.8, 4) is 0 Å². The molecule has 1 fully saturated rings. The number of alkyl halides is 3. The Labute approximate surface area is 163 Å². The van der Waals surface area contributed by atoms with Gasteiger partial charge in [0, 0.05) is 12.1 Å². The van der Waals surface area contributed by atoms with Crippen LogP contribution >= 0.6 is 0 Å². The Morgan fingerprint density at radius 1 is 1.25 bits per heavy atom. The van der Waals surface area contributed by atoms with E-state index in [9.17, 15) is 23.1 Å². The molecule has 1 aliphatic heterocycles. The van der Waals surface area contributed by atoms with E-state index in [1.807, 2.05) is 51.1 Å². The first kappa shape index (κ1) is 20.8. The summed E-state index contributed by atoms with van der Waals surface area (Å²) in [7, 11) is 0. The minimum Gasteiger partial charge on any atom is -0.362 e. The molecule has 1 aromatic rings. The highest BCUT2D eigenvalue weighted by Gasteiger charge is 2.69. The van der Waals surface area contributed by atoms with Crippen LogP contribution in [-0.2, 0) is 11.2 Å². The molecule has 1 N–H and O–H groups in total. The predicted octanol–water partition coefficient (Wildman–Crippen LogP) is 4.53. The molecule has 0 unspecified atom stereocenters. The Morgan fingerprint density at radius 2 is 1.89 bits per heavy atom. The van der Waals surface area contributed by atoms with E-state index in [4.69, 9.17) is 0 Å². The second-order valence-electron chi connectivity index (χ2n) is 8.90. The number of fused-ring (bicyclic) bond motifs is 1. The van der Waals surface area contributed by atoms with Crippen LogP contribution in [0.25, 0.3) is 0 Å². The van der Waals surface area contributed by atoms with Crippen LogP contribution in [-0.4, -0.2) is 33.6 Å². The lowest BCUT2D eigenvalue weighted by Crippen LogP contribution is -2.62. The van der Waals surface area contributed by atoms with Crippen LogP contribution in [0.3, 0.4) is 0 Å². The van der Waals surface area contributed by atoms with Crippen LogP contribution < -0.4 is 0 Å². The summed E-state index contributed by atoms with van der Waals surface area (Å²) in [5.74, 6) is -1.99. The van der Waals surface area contributed by atoms with Gasteiger partial charge in [0.25, 0.3) is 5.72 Å². The molecule has 1 aliphatic carbocycles. The standard InChI is InChI=1S/C21H27F3N2O2/c1-19(2,3)15-10-11-17-16(13-15)20(28,21(22,23)24)26(25-17)18(27)12-9-14-7-5-4-6-8-14/h4-8,15-16,28H,9-13H2,1-3H3/t15-,16-,20+/m1/s1. The van der Waals surface area contributed by atoms with Crippen LogP contribution in [0, 0.1) is 17.3 Å². The lowest BCUT2D eigenvalue weighted by Gasteiger charge is -2.42. The lowest BCUT2D eigenvalue weighted by atomic mass is 9.66. The summed E-state index contributed by atoms with van der Waals surface area (Å²) >= 11 is 0. The molecule has 1 heterocycles. The van der Waals surface area contributed by atoms with Crippen molar-refractivity contribution in [2.45, 2.75) is 64.8 Å². The van der Waals surface area contributed by atoms with Crippen molar-refractivity contribution in [1.82, 2.24) is 5.01 Å². The van der Waals surface area contributed by atoms with E-state index < -0.39 is 23.7 Å². The molecule has 1 aromatic carbocycles. The van der Waals surface area contributed by atoms with Crippen molar-refractivity contribution in [2.24, 2.45) is 22.4 Å². The maximum atomic E-state index is 14.0. The first-order valence-corrected chi connectivity index (χ1v) is 9.68. The molecule has 2 aliphatic rings. The molecule has 4 nitrogen and oxygen atoms in total. The average molecular weight is 396 g/mol. The van der Waals surface area contributed by atoms with Crippen molar-refractivity contribution in [1.29, 1.82) is 0 Å². The van der Waals surface area contributed by atoms with E-state index in [0.717, 1.165) is 5.56 Å². The highest BCUT2D eigenvalue weighted by atomic mass is 19.4. The number of rotatable bonds is 3. The molecule has 1 saturated carbocycles. The van der Waals surface area contributed by atoms with Crippen LogP contribution in [0.1, 0.15) is 52.0 Å². The number of hydrogen-bond acceptors (Lipinski definition) is 3. The van der Waals surface area contributed by atoms with Gasteiger partial charge in [-0.1, -0.05) is 51.1 Å². The highest BCUT2D eigenvalue weighted by Crippen LogP contribution is 2.51. The van der Waals surface area contributed by atoms with Gasteiger partial charge in [0.05, 0.1) is 5.92 Å². The summed E-state index contributed by atoms with van der Waals surface area (Å²) in [5.41, 5.74) is -2.31. The van der Waals surface area contributed by atoms with E-state index in [1.54, 1.807) is 0 Å². The molecule has 7 heteroatoms. The number of hydrazone groups is 1. The minimum absolute atomic E-state index is 0.0182. The van der Waals surface area contributed by atoms with E-state index in [2.05, 4.69) is 5.10 Å². The van der Waals surface area contributed by atoms with Crippen molar-refractivity contribution in [2.75, 3.05) is 0 Å². The summed E-state index contributed by atoms with van der Waals surface area (Å²) < 4.78 is 42.0. The fourth-order valence-corrected chi connectivity index (χ4v) is 4.26. The number of aliphatic hydroxyl groups is 1. The van der Waals surface area contributed by atoms with Gasteiger partial charge in [-0.25, -0.2) is 0 Å². The monoisotopic (exact) mass is 396 g/mol. The largest absolute Gasteiger partial charge is 0.439 e. The second-order valence-corrected chi connectivity index (χ2v) is 8.90. The van der Waals surface area contributed by atoms with Gasteiger partial charge in [0.1, 0.15) is 0 Å². The third-order valence-electron chi connectivity index (χ3n) is 6.06. The van der Waals surface area contributed by atoms with Crippen LogP contribution in [0.2, 0.25) is 0 Å². The van der Waals surface area contributed by atoms with E-state index in [0.29, 0.717) is 24.3 Å².